The fraction of sp³-hybridized carbons (Fsp3) is 0. The molecule has 0 heterocycles. The van der Waals surface area contributed by atoms with Gasteiger partial charge in [-0.1, -0.05) is 182 Å². The molecule has 0 aliphatic rings. The van der Waals surface area contributed by atoms with Crippen LogP contribution in [0.5, 0.6) is 0 Å². The van der Waals surface area contributed by atoms with Gasteiger partial charge >= 0.3 is 0 Å². The van der Waals surface area contributed by atoms with Crippen molar-refractivity contribution in [1.82, 2.24) is 0 Å². The number of rotatable bonds is 3. The maximum absolute atomic E-state index is 2.47. The Balaban J connectivity index is 1.27. The van der Waals surface area contributed by atoms with Crippen molar-refractivity contribution in [2.75, 3.05) is 0 Å². The third kappa shape index (κ3) is 4.14. The summed E-state index contributed by atoms with van der Waals surface area (Å²) < 4.78 is 0. The first-order valence-corrected chi connectivity index (χ1v) is 18.8. The van der Waals surface area contributed by atoms with E-state index in [1.165, 1.54) is 120 Å². The molecule has 0 unspecified atom stereocenters. The molecule has 54 heavy (non-hydrogen) atoms. The lowest BCUT2D eigenvalue weighted by Gasteiger charge is -2.22. The van der Waals surface area contributed by atoms with E-state index in [1.54, 1.807) is 0 Å². The van der Waals surface area contributed by atoms with Crippen LogP contribution in [0.25, 0.3) is 120 Å². The van der Waals surface area contributed by atoms with E-state index in [4.69, 9.17) is 0 Å². The van der Waals surface area contributed by atoms with Crippen LogP contribution >= 0.6 is 0 Å². The van der Waals surface area contributed by atoms with Crippen LogP contribution in [-0.4, -0.2) is 0 Å². The van der Waals surface area contributed by atoms with Gasteiger partial charge in [0.1, 0.15) is 0 Å². The summed E-state index contributed by atoms with van der Waals surface area (Å²) in [5, 5.41) is 20.5. The van der Waals surface area contributed by atoms with Gasteiger partial charge in [0.25, 0.3) is 0 Å². The maximum Gasteiger partial charge on any atom is -0.00197 e. The molecule has 248 valence electrons. The summed E-state index contributed by atoms with van der Waals surface area (Å²) in [7, 11) is 0. The quantitative estimate of drug-likeness (QED) is 0.129. The molecule has 0 amide bonds. The molecule has 0 aromatic heterocycles. The predicted octanol–water partition coefficient (Wildman–Crippen LogP) is 15.4. The summed E-state index contributed by atoms with van der Waals surface area (Å²) in [5.74, 6) is 0. The van der Waals surface area contributed by atoms with Crippen LogP contribution in [0.4, 0.5) is 0 Å². The molecule has 0 spiro atoms. The second-order valence-electron chi connectivity index (χ2n) is 14.7. The van der Waals surface area contributed by atoms with Gasteiger partial charge in [-0.3, -0.25) is 0 Å². The molecular formula is C54H32. The van der Waals surface area contributed by atoms with E-state index in [0.717, 1.165) is 0 Å². The zero-order chi connectivity index (χ0) is 35.3. The van der Waals surface area contributed by atoms with E-state index in [9.17, 15) is 0 Å². The van der Waals surface area contributed by atoms with Crippen molar-refractivity contribution >= 4 is 86.2 Å². The standard InChI is InChI=1S/C54H32/c1-3-16-39-33(11-1)13-10-22-40(39)38-27-30-48-50(32-38)54(49-31-37-12-2-4-17-41(37)42-18-5-6-19-43(42)49)45-21-8-7-20-44(45)53(48)47-29-26-36-24-23-34-14-9-15-35-25-28-46(47)52(36)51(34)35/h1-32H. The number of hydrogen-bond donors (Lipinski definition) is 0. The first kappa shape index (κ1) is 29.5. The topological polar surface area (TPSA) is 0 Å². The van der Waals surface area contributed by atoms with Crippen LogP contribution in [0.2, 0.25) is 0 Å². The molecule has 0 bridgehead atoms. The Morgan fingerprint density at radius 3 is 1.52 bits per heavy atom. The highest BCUT2D eigenvalue weighted by atomic mass is 14.2. The van der Waals surface area contributed by atoms with Gasteiger partial charge in [-0.05, 0) is 132 Å². The lowest BCUT2D eigenvalue weighted by atomic mass is 9.81. The second-order valence-corrected chi connectivity index (χ2v) is 14.7. The normalized spacial score (nSPS) is 12.1. The van der Waals surface area contributed by atoms with Gasteiger partial charge in [-0.15, -0.1) is 0 Å². The molecule has 0 saturated carbocycles. The van der Waals surface area contributed by atoms with Gasteiger partial charge in [-0.25, -0.2) is 0 Å². The smallest absolute Gasteiger partial charge is 0.00197 e. The van der Waals surface area contributed by atoms with Gasteiger partial charge in [0.2, 0.25) is 0 Å². The van der Waals surface area contributed by atoms with Crippen molar-refractivity contribution in [3.05, 3.63) is 194 Å². The van der Waals surface area contributed by atoms with Crippen molar-refractivity contribution in [3.63, 3.8) is 0 Å². The van der Waals surface area contributed by atoms with Gasteiger partial charge in [-0.2, -0.15) is 0 Å². The van der Waals surface area contributed by atoms with Crippen LogP contribution in [0.15, 0.2) is 194 Å². The molecule has 0 saturated heterocycles. The predicted molar refractivity (Wildman–Crippen MR) is 234 cm³/mol. The van der Waals surface area contributed by atoms with E-state index < -0.39 is 0 Å². The molecule has 0 atom stereocenters. The number of fused-ring (bicyclic) bond motifs is 6. The van der Waals surface area contributed by atoms with Crippen molar-refractivity contribution in [2.45, 2.75) is 0 Å². The maximum atomic E-state index is 2.47. The Hall–Kier alpha value is -7.02. The van der Waals surface area contributed by atoms with Crippen LogP contribution in [-0.2, 0) is 0 Å². The number of benzene rings is 12. The third-order valence-corrected chi connectivity index (χ3v) is 12.0. The van der Waals surface area contributed by atoms with Crippen molar-refractivity contribution < 1.29 is 0 Å². The minimum absolute atomic E-state index is 1.22. The summed E-state index contributed by atoms with van der Waals surface area (Å²) in [6.07, 6.45) is 0. The Morgan fingerprint density at radius 1 is 0.204 bits per heavy atom. The average molecular weight is 681 g/mol. The molecular weight excluding hydrogens is 649 g/mol. The number of hydrogen-bond acceptors (Lipinski definition) is 0. The molecule has 0 radical (unpaired) electrons. The van der Waals surface area contributed by atoms with E-state index in [-0.39, 0.29) is 0 Å². The summed E-state index contributed by atoms with van der Waals surface area (Å²) >= 11 is 0. The van der Waals surface area contributed by atoms with Gasteiger partial charge < -0.3 is 0 Å². The monoisotopic (exact) mass is 680 g/mol. The molecule has 12 aromatic rings. The van der Waals surface area contributed by atoms with E-state index in [0.29, 0.717) is 0 Å². The Morgan fingerprint density at radius 2 is 0.722 bits per heavy atom. The van der Waals surface area contributed by atoms with Crippen LogP contribution in [0, 0.1) is 0 Å². The molecule has 12 aromatic carbocycles. The summed E-state index contributed by atoms with van der Waals surface area (Å²) in [6.45, 7) is 0. The van der Waals surface area contributed by atoms with E-state index in [1.807, 2.05) is 0 Å². The molecule has 0 N–H and O–H groups in total. The zero-order valence-corrected chi connectivity index (χ0v) is 29.5. The van der Waals surface area contributed by atoms with Crippen molar-refractivity contribution in [1.29, 1.82) is 0 Å². The van der Waals surface area contributed by atoms with Gasteiger partial charge in [0.15, 0.2) is 0 Å². The minimum Gasteiger partial charge on any atom is -0.0616 e. The Bertz CT molecular complexity index is 3470. The Kier molecular flexibility index (Phi) is 6.15. The second kappa shape index (κ2) is 11.2. The Labute approximate surface area is 312 Å². The zero-order valence-electron chi connectivity index (χ0n) is 29.5. The summed E-state index contributed by atoms with van der Waals surface area (Å²) in [4.78, 5) is 0. The molecule has 0 aliphatic carbocycles. The highest BCUT2D eigenvalue weighted by molar-refractivity contribution is 6.31. The SMILES string of the molecule is c1ccc2c(-c3ccc4c(-c5ccc6ccc7cccc8ccc5c6c78)c5ccccc5c(-c5cc6ccccc6c6ccccc56)c4c3)cccc2c1. The first-order valence-electron chi connectivity index (χ1n) is 18.8. The average Bonchev–Trinajstić information content (AvgIpc) is 3.24. The molecule has 0 fully saturated rings. The van der Waals surface area contributed by atoms with Crippen LogP contribution in [0.3, 0.4) is 0 Å². The molecule has 0 aliphatic heterocycles. The van der Waals surface area contributed by atoms with Crippen LogP contribution in [0.1, 0.15) is 0 Å². The van der Waals surface area contributed by atoms with Gasteiger partial charge in [0, 0.05) is 0 Å². The summed E-state index contributed by atoms with van der Waals surface area (Å²) in [5.41, 5.74) is 7.59. The van der Waals surface area contributed by atoms with E-state index in [2.05, 4.69) is 194 Å². The molecule has 0 nitrogen and oxygen atoms in total. The van der Waals surface area contributed by atoms with Crippen molar-refractivity contribution in [2.24, 2.45) is 0 Å². The fourth-order valence-electron chi connectivity index (χ4n) is 9.62. The minimum atomic E-state index is 1.22. The lowest BCUT2D eigenvalue weighted by Crippen LogP contribution is -1.94. The van der Waals surface area contributed by atoms with Gasteiger partial charge in [0.05, 0.1) is 0 Å². The first-order chi connectivity index (χ1) is 26.8. The lowest BCUT2D eigenvalue weighted by molar-refractivity contribution is 1.67. The fourth-order valence-corrected chi connectivity index (χ4v) is 9.62. The highest BCUT2D eigenvalue weighted by Crippen LogP contribution is 2.50. The molecule has 12 rings (SSSR count). The van der Waals surface area contributed by atoms with E-state index >= 15 is 0 Å². The highest BCUT2D eigenvalue weighted by Gasteiger charge is 2.22. The van der Waals surface area contributed by atoms with Crippen molar-refractivity contribution in [3.8, 4) is 33.4 Å². The summed E-state index contributed by atoms with van der Waals surface area (Å²) in [6, 6.07) is 72.6. The third-order valence-electron chi connectivity index (χ3n) is 12.0. The largest absolute Gasteiger partial charge is 0.0616 e. The van der Waals surface area contributed by atoms with Crippen LogP contribution < -0.4 is 0 Å². The molecule has 0 heteroatoms.